The Hall–Kier alpha value is -3.09. The highest BCUT2D eigenvalue weighted by Crippen LogP contribution is 2.23. The molecule has 2 aromatic rings. The number of benzene rings is 2. The fourth-order valence-corrected chi connectivity index (χ4v) is 1.63. The third-order valence-electron chi connectivity index (χ3n) is 2.66. The van der Waals surface area contributed by atoms with E-state index in [-0.39, 0.29) is 11.3 Å². The molecule has 114 valence electrons. The summed E-state index contributed by atoms with van der Waals surface area (Å²) in [6.07, 6.45) is 0. The Morgan fingerprint density at radius 1 is 1.09 bits per heavy atom. The summed E-state index contributed by atoms with van der Waals surface area (Å²) in [7, 11) is 0. The lowest BCUT2D eigenvalue weighted by Crippen LogP contribution is -2.20. The fourth-order valence-electron chi connectivity index (χ4n) is 1.63. The van der Waals surface area contributed by atoms with Crippen LogP contribution in [-0.4, -0.2) is 28.7 Å². The SMILES string of the molecule is O=C(COC(=O)c1ccc(O)cc1O)Nc1ccc(F)cc1. The zero-order valence-electron chi connectivity index (χ0n) is 11.2. The first-order valence-electron chi connectivity index (χ1n) is 6.20. The quantitative estimate of drug-likeness (QED) is 0.751. The van der Waals surface area contributed by atoms with Crippen LogP contribution < -0.4 is 5.32 Å². The van der Waals surface area contributed by atoms with Crippen molar-refractivity contribution in [1.82, 2.24) is 0 Å². The van der Waals surface area contributed by atoms with Crippen LogP contribution in [0.3, 0.4) is 0 Å². The summed E-state index contributed by atoms with van der Waals surface area (Å²) < 4.78 is 17.4. The van der Waals surface area contributed by atoms with Gasteiger partial charge in [0.2, 0.25) is 0 Å². The van der Waals surface area contributed by atoms with Gasteiger partial charge in [-0.25, -0.2) is 9.18 Å². The Labute approximate surface area is 124 Å². The summed E-state index contributed by atoms with van der Waals surface area (Å²) >= 11 is 0. The van der Waals surface area contributed by atoms with Crippen LogP contribution in [0.5, 0.6) is 11.5 Å². The third kappa shape index (κ3) is 3.95. The molecular formula is C15H12FNO5. The zero-order valence-corrected chi connectivity index (χ0v) is 11.2. The summed E-state index contributed by atoms with van der Waals surface area (Å²) in [5, 5.41) is 21.0. The average Bonchev–Trinajstić information content (AvgIpc) is 2.47. The number of carbonyl (C=O) groups is 2. The molecule has 0 aliphatic rings. The number of aromatic hydroxyl groups is 2. The summed E-state index contributed by atoms with van der Waals surface area (Å²) in [6, 6.07) is 8.43. The first-order valence-corrected chi connectivity index (χ1v) is 6.20. The topological polar surface area (TPSA) is 95.9 Å². The van der Waals surface area contributed by atoms with Crippen molar-refractivity contribution in [1.29, 1.82) is 0 Å². The number of carbonyl (C=O) groups excluding carboxylic acids is 2. The largest absolute Gasteiger partial charge is 0.508 e. The molecule has 0 aromatic heterocycles. The molecule has 6 nitrogen and oxygen atoms in total. The number of nitrogens with one attached hydrogen (secondary N) is 1. The number of ether oxygens (including phenoxy) is 1. The monoisotopic (exact) mass is 305 g/mol. The van der Waals surface area contributed by atoms with Crippen molar-refractivity contribution in [2.45, 2.75) is 0 Å². The van der Waals surface area contributed by atoms with Gasteiger partial charge in [-0.05, 0) is 36.4 Å². The number of amides is 1. The Morgan fingerprint density at radius 2 is 1.77 bits per heavy atom. The molecule has 2 rings (SSSR count). The van der Waals surface area contributed by atoms with Gasteiger partial charge in [0.25, 0.3) is 5.91 Å². The van der Waals surface area contributed by atoms with Crippen molar-refractivity contribution in [3.8, 4) is 11.5 Å². The van der Waals surface area contributed by atoms with E-state index in [0.29, 0.717) is 5.69 Å². The molecule has 0 unspecified atom stereocenters. The maximum absolute atomic E-state index is 12.7. The van der Waals surface area contributed by atoms with E-state index in [4.69, 9.17) is 9.84 Å². The van der Waals surface area contributed by atoms with E-state index >= 15 is 0 Å². The smallest absolute Gasteiger partial charge is 0.342 e. The maximum atomic E-state index is 12.7. The number of rotatable bonds is 4. The van der Waals surface area contributed by atoms with Crippen LogP contribution in [0.15, 0.2) is 42.5 Å². The first-order chi connectivity index (χ1) is 10.5. The van der Waals surface area contributed by atoms with Gasteiger partial charge in [-0.1, -0.05) is 0 Å². The fraction of sp³-hybridized carbons (Fsp3) is 0.0667. The average molecular weight is 305 g/mol. The van der Waals surface area contributed by atoms with Crippen LogP contribution in [0.1, 0.15) is 10.4 Å². The standard InChI is InChI=1S/C15H12FNO5/c16-9-1-3-10(4-2-9)17-14(20)8-22-15(21)12-6-5-11(18)7-13(12)19/h1-7,18-19H,8H2,(H,17,20). The normalized spacial score (nSPS) is 10.0. The molecular weight excluding hydrogens is 293 g/mol. The van der Waals surface area contributed by atoms with E-state index in [1.165, 1.54) is 36.4 Å². The van der Waals surface area contributed by atoms with Crippen molar-refractivity contribution in [2.75, 3.05) is 11.9 Å². The van der Waals surface area contributed by atoms with Crippen molar-refractivity contribution in [2.24, 2.45) is 0 Å². The van der Waals surface area contributed by atoms with Crippen molar-refractivity contribution in [3.05, 3.63) is 53.8 Å². The van der Waals surface area contributed by atoms with E-state index in [1.54, 1.807) is 0 Å². The maximum Gasteiger partial charge on any atom is 0.342 e. The van der Waals surface area contributed by atoms with E-state index in [2.05, 4.69) is 5.32 Å². The highest BCUT2D eigenvalue weighted by Gasteiger charge is 2.15. The number of anilines is 1. The Kier molecular flexibility index (Phi) is 4.57. The highest BCUT2D eigenvalue weighted by molar-refractivity contribution is 5.96. The second kappa shape index (κ2) is 6.57. The Balaban J connectivity index is 1.90. The van der Waals surface area contributed by atoms with Crippen LogP contribution in [0, 0.1) is 5.82 Å². The summed E-state index contributed by atoms with van der Waals surface area (Å²) in [6.45, 7) is -0.573. The molecule has 0 fully saturated rings. The van der Waals surface area contributed by atoms with E-state index in [1.807, 2.05) is 0 Å². The van der Waals surface area contributed by atoms with E-state index < -0.39 is 30.1 Å². The van der Waals surface area contributed by atoms with Gasteiger partial charge in [0.15, 0.2) is 6.61 Å². The first kappa shape index (κ1) is 15.3. The highest BCUT2D eigenvalue weighted by atomic mass is 19.1. The van der Waals surface area contributed by atoms with E-state index in [0.717, 1.165) is 6.07 Å². The Bertz CT molecular complexity index is 700. The molecule has 0 aliphatic heterocycles. The van der Waals surface area contributed by atoms with Crippen molar-refractivity contribution >= 4 is 17.6 Å². The Morgan fingerprint density at radius 3 is 2.41 bits per heavy atom. The molecule has 2 aromatic carbocycles. The lowest BCUT2D eigenvalue weighted by atomic mass is 10.2. The van der Waals surface area contributed by atoms with Gasteiger partial charge in [-0.15, -0.1) is 0 Å². The molecule has 0 aliphatic carbocycles. The molecule has 22 heavy (non-hydrogen) atoms. The predicted molar refractivity (Wildman–Crippen MR) is 75.1 cm³/mol. The number of phenolic OH excluding ortho intramolecular Hbond substituents is 2. The van der Waals surface area contributed by atoms with Gasteiger partial charge in [0.05, 0.1) is 0 Å². The minimum Gasteiger partial charge on any atom is -0.508 e. The van der Waals surface area contributed by atoms with Crippen LogP contribution in [0.25, 0.3) is 0 Å². The molecule has 0 atom stereocenters. The number of halogens is 1. The minimum atomic E-state index is -0.910. The van der Waals surface area contributed by atoms with Gasteiger partial charge in [-0.3, -0.25) is 4.79 Å². The molecule has 7 heteroatoms. The molecule has 1 amide bonds. The third-order valence-corrected chi connectivity index (χ3v) is 2.66. The van der Waals surface area contributed by atoms with E-state index in [9.17, 15) is 19.1 Å². The second-order valence-electron chi connectivity index (χ2n) is 4.33. The molecule has 0 radical (unpaired) electrons. The number of phenols is 2. The predicted octanol–water partition coefficient (Wildman–Crippen LogP) is 2.03. The summed E-state index contributed by atoms with van der Waals surface area (Å²) in [5.41, 5.74) is 0.183. The molecule has 0 saturated heterocycles. The lowest BCUT2D eigenvalue weighted by molar-refractivity contribution is -0.119. The minimum absolute atomic E-state index is 0.174. The number of hydrogen-bond donors (Lipinski definition) is 3. The summed E-state index contributed by atoms with van der Waals surface area (Å²) in [5.74, 6) is -2.62. The molecule has 0 saturated carbocycles. The van der Waals surface area contributed by atoms with Crippen LogP contribution >= 0.6 is 0 Å². The van der Waals surface area contributed by atoms with Gasteiger partial charge >= 0.3 is 5.97 Å². The van der Waals surface area contributed by atoms with Crippen LogP contribution in [0.4, 0.5) is 10.1 Å². The molecule has 3 N–H and O–H groups in total. The zero-order chi connectivity index (χ0) is 16.1. The van der Waals surface area contributed by atoms with Gasteiger partial charge in [0.1, 0.15) is 22.9 Å². The van der Waals surface area contributed by atoms with Crippen molar-refractivity contribution < 1.29 is 28.9 Å². The molecule has 0 spiro atoms. The van der Waals surface area contributed by atoms with Gasteiger partial charge in [-0.2, -0.15) is 0 Å². The van der Waals surface area contributed by atoms with Gasteiger partial charge < -0.3 is 20.3 Å². The lowest BCUT2D eigenvalue weighted by Gasteiger charge is -2.07. The van der Waals surface area contributed by atoms with Crippen molar-refractivity contribution in [3.63, 3.8) is 0 Å². The molecule has 0 bridgehead atoms. The van der Waals surface area contributed by atoms with Crippen LogP contribution in [0.2, 0.25) is 0 Å². The molecule has 0 heterocycles. The van der Waals surface area contributed by atoms with Gasteiger partial charge in [0, 0.05) is 11.8 Å². The van der Waals surface area contributed by atoms with Crippen LogP contribution in [-0.2, 0) is 9.53 Å². The number of esters is 1. The number of hydrogen-bond acceptors (Lipinski definition) is 5. The summed E-state index contributed by atoms with van der Waals surface area (Å²) in [4.78, 5) is 23.3. The second-order valence-corrected chi connectivity index (χ2v) is 4.33.